The maximum atomic E-state index is 14.3. The van der Waals surface area contributed by atoms with Gasteiger partial charge in [-0.1, -0.05) is 37.3 Å². The summed E-state index contributed by atoms with van der Waals surface area (Å²) in [5.74, 6) is -0.865. The maximum absolute atomic E-state index is 14.3. The second-order valence-corrected chi connectivity index (χ2v) is 8.26. The molecule has 140 valence electrons. The van der Waals surface area contributed by atoms with Gasteiger partial charge in [0.15, 0.2) is 11.2 Å². The van der Waals surface area contributed by atoms with Crippen molar-refractivity contribution in [1.29, 1.82) is 0 Å². The number of halogens is 2. The molecule has 1 unspecified atom stereocenters. The van der Waals surface area contributed by atoms with Crippen molar-refractivity contribution in [2.24, 2.45) is 5.92 Å². The molecule has 1 N–H and O–H groups in total. The first-order valence-electron chi connectivity index (χ1n) is 8.40. The number of amides is 1. The topological polar surface area (TPSA) is 58.6 Å². The molecule has 25 heavy (non-hydrogen) atoms. The number of benzene rings is 1. The first-order chi connectivity index (χ1) is 11.9. The predicted molar refractivity (Wildman–Crippen MR) is 97.4 cm³/mol. The molecule has 1 aromatic rings. The Balaban J connectivity index is 2.03. The Hall–Kier alpha value is -1.18. The number of nitrogens with one attached hydrogen (secondary N) is 1. The molecule has 1 saturated carbocycles. The van der Waals surface area contributed by atoms with E-state index in [1.54, 1.807) is 0 Å². The molecule has 1 amide bonds. The Morgan fingerprint density at radius 3 is 2.56 bits per heavy atom. The van der Waals surface area contributed by atoms with Gasteiger partial charge in [0.05, 0.1) is 17.2 Å². The summed E-state index contributed by atoms with van der Waals surface area (Å²) in [5.41, 5.74) is -0.262. The molecule has 1 atom stereocenters. The van der Waals surface area contributed by atoms with E-state index in [1.165, 1.54) is 50.2 Å². The van der Waals surface area contributed by atoms with E-state index in [2.05, 4.69) is 4.72 Å². The SMILES string of the molecule is CN(C)S(=O)NC(=O)c1cc(Cl)c(OCC2CCCCCC2)cc1F. The highest BCUT2D eigenvalue weighted by molar-refractivity contribution is 7.81. The number of hydrogen-bond acceptors (Lipinski definition) is 3. The molecule has 1 aliphatic carbocycles. The summed E-state index contributed by atoms with van der Waals surface area (Å²) in [6, 6.07) is 2.33. The average molecular weight is 391 g/mol. The van der Waals surface area contributed by atoms with E-state index in [0.29, 0.717) is 12.5 Å². The number of carbonyl (C=O) groups excluding carboxylic acids is 1. The Labute approximate surface area is 155 Å². The highest BCUT2D eigenvalue weighted by Crippen LogP contribution is 2.30. The molecule has 2 rings (SSSR count). The summed E-state index contributed by atoms with van der Waals surface area (Å²) in [6.45, 7) is 0.495. The smallest absolute Gasteiger partial charge is 0.266 e. The predicted octanol–water partition coefficient (Wildman–Crippen LogP) is 3.70. The number of carbonyl (C=O) groups is 1. The number of ether oxygens (including phenoxy) is 1. The summed E-state index contributed by atoms with van der Waals surface area (Å²) in [5, 5.41) is 0.163. The van der Waals surface area contributed by atoms with Crippen LogP contribution in [0.15, 0.2) is 12.1 Å². The molecule has 8 heteroatoms. The van der Waals surface area contributed by atoms with Gasteiger partial charge in [0, 0.05) is 20.2 Å². The molecule has 1 aliphatic rings. The third kappa shape index (κ3) is 5.94. The van der Waals surface area contributed by atoms with E-state index in [4.69, 9.17) is 16.3 Å². The van der Waals surface area contributed by atoms with Crippen molar-refractivity contribution in [3.05, 3.63) is 28.5 Å². The lowest BCUT2D eigenvalue weighted by Crippen LogP contribution is -2.34. The molecule has 0 aliphatic heterocycles. The van der Waals surface area contributed by atoms with Gasteiger partial charge in [-0.3, -0.25) is 9.52 Å². The van der Waals surface area contributed by atoms with Crippen molar-refractivity contribution >= 4 is 28.7 Å². The van der Waals surface area contributed by atoms with Gasteiger partial charge < -0.3 is 4.74 Å². The van der Waals surface area contributed by atoms with Gasteiger partial charge in [0.1, 0.15) is 11.6 Å². The molecule has 0 bridgehead atoms. The third-order valence-electron chi connectivity index (χ3n) is 4.23. The molecular formula is C17H24ClFN2O3S. The van der Waals surface area contributed by atoms with Crippen molar-refractivity contribution in [3.63, 3.8) is 0 Å². The fraction of sp³-hybridized carbons (Fsp3) is 0.588. The normalized spacial score (nSPS) is 17.2. The first kappa shape index (κ1) is 20.1. The van der Waals surface area contributed by atoms with E-state index < -0.39 is 22.9 Å². The quantitative estimate of drug-likeness (QED) is 0.753. The zero-order valence-electron chi connectivity index (χ0n) is 14.5. The Morgan fingerprint density at radius 2 is 1.96 bits per heavy atom. The van der Waals surface area contributed by atoms with Crippen LogP contribution in [-0.4, -0.2) is 35.1 Å². The molecule has 0 radical (unpaired) electrons. The van der Waals surface area contributed by atoms with Crippen LogP contribution in [-0.2, 0) is 11.2 Å². The van der Waals surface area contributed by atoms with Crippen LogP contribution in [0.25, 0.3) is 0 Å². The van der Waals surface area contributed by atoms with E-state index in [9.17, 15) is 13.4 Å². The van der Waals surface area contributed by atoms with Crippen molar-refractivity contribution in [1.82, 2.24) is 9.03 Å². The van der Waals surface area contributed by atoms with Crippen LogP contribution in [0.4, 0.5) is 4.39 Å². The van der Waals surface area contributed by atoms with Crippen LogP contribution in [0.3, 0.4) is 0 Å². The summed E-state index contributed by atoms with van der Waals surface area (Å²) in [7, 11) is 3.06. The minimum Gasteiger partial charge on any atom is -0.492 e. The Bertz CT molecular complexity index is 635. The fourth-order valence-corrected chi connectivity index (χ4v) is 3.45. The van der Waals surface area contributed by atoms with Crippen LogP contribution < -0.4 is 9.46 Å². The highest BCUT2D eigenvalue weighted by atomic mass is 35.5. The second-order valence-electron chi connectivity index (χ2n) is 6.42. The summed E-state index contributed by atoms with van der Waals surface area (Å²) >= 11 is 4.40. The van der Waals surface area contributed by atoms with Crippen LogP contribution >= 0.6 is 11.6 Å². The lowest BCUT2D eigenvalue weighted by molar-refractivity contribution is 0.0977. The molecule has 0 heterocycles. The van der Waals surface area contributed by atoms with E-state index in [-0.39, 0.29) is 16.3 Å². The zero-order valence-corrected chi connectivity index (χ0v) is 16.1. The maximum Gasteiger partial charge on any atom is 0.266 e. The Morgan fingerprint density at radius 1 is 1.32 bits per heavy atom. The highest BCUT2D eigenvalue weighted by Gasteiger charge is 2.19. The summed E-state index contributed by atoms with van der Waals surface area (Å²) < 4.78 is 35.1. The van der Waals surface area contributed by atoms with Crippen LogP contribution in [0.1, 0.15) is 48.9 Å². The van der Waals surface area contributed by atoms with Gasteiger partial charge in [0.25, 0.3) is 5.91 Å². The van der Waals surface area contributed by atoms with Gasteiger partial charge in [-0.05, 0) is 24.8 Å². The number of hydrogen-bond donors (Lipinski definition) is 1. The van der Waals surface area contributed by atoms with Crippen molar-refractivity contribution in [3.8, 4) is 5.75 Å². The van der Waals surface area contributed by atoms with Crippen LogP contribution in [0, 0.1) is 11.7 Å². The third-order valence-corrected chi connectivity index (χ3v) is 5.55. The van der Waals surface area contributed by atoms with Crippen molar-refractivity contribution in [2.75, 3.05) is 20.7 Å². The second kappa shape index (κ2) is 9.50. The Kier molecular flexibility index (Phi) is 7.65. The first-order valence-corrected chi connectivity index (χ1v) is 9.89. The van der Waals surface area contributed by atoms with Gasteiger partial charge in [-0.25, -0.2) is 12.9 Å². The van der Waals surface area contributed by atoms with Gasteiger partial charge in [-0.2, -0.15) is 0 Å². The molecule has 5 nitrogen and oxygen atoms in total. The van der Waals surface area contributed by atoms with Gasteiger partial charge in [-0.15, -0.1) is 0 Å². The molecule has 1 fully saturated rings. The molecule has 1 aromatic carbocycles. The van der Waals surface area contributed by atoms with E-state index in [1.807, 2.05) is 0 Å². The summed E-state index contributed by atoms with van der Waals surface area (Å²) in [4.78, 5) is 12.0. The van der Waals surface area contributed by atoms with E-state index in [0.717, 1.165) is 18.9 Å². The number of nitrogens with zero attached hydrogens (tertiary/aromatic N) is 1. The number of rotatable bonds is 6. The van der Waals surface area contributed by atoms with Gasteiger partial charge >= 0.3 is 0 Å². The standard InChI is InChI=1S/C17H24ClFN2O3S/c1-21(2)25(23)20-17(22)13-9-14(18)16(10-15(13)19)24-11-12-7-5-3-4-6-8-12/h9-10,12H,3-8,11H2,1-2H3,(H,20,22). The molecular weight excluding hydrogens is 367 g/mol. The van der Waals surface area contributed by atoms with Crippen LogP contribution in [0.2, 0.25) is 5.02 Å². The largest absolute Gasteiger partial charge is 0.492 e. The monoisotopic (exact) mass is 390 g/mol. The molecule has 0 aromatic heterocycles. The lowest BCUT2D eigenvalue weighted by Gasteiger charge is -2.16. The van der Waals surface area contributed by atoms with Crippen molar-refractivity contribution in [2.45, 2.75) is 38.5 Å². The van der Waals surface area contributed by atoms with E-state index >= 15 is 0 Å². The average Bonchev–Trinajstić information content (AvgIpc) is 2.83. The van der Waals surface area contributed by atoms with Crippen molar-refractivity contribution < 1.29 is 18.1 Å². The minimum atomic E-state index is -1.74. The zero-order chi connectivity index (χ0) is 18.4. The summed E-state index contributed by atoms with van der Waals surface area (Å²) in [6.07, 6.45) is 7.11. The minimum absolute atomic E-state index is 0.163. The molecule has 0 saturated heterocycles. The lowest BCUT2D eigenvalue weighted by atomic mass is 10.0. The van der Waals surface area contributed by atoms with Crippen LogP contribution in [0.5, 0.6) is 5.75 Å². The van der Waals surface area contributed by atoms with Gasteiger partial charge in [0.2, 0.25) is 0 Å². The molecule has 0 spiro atoms. The fourth-order valence-electron chi connectivity index (χ4n) is 2.78.